The summed E-state index contributed by atoms with van der Waals surface area (Å²) in [5.74, 6) is 1.66. The third kappa shape index (κ3) is 4.50. The summed E-state index contributed by atoms with van der Waals surface area (Å²) in [6, 6.07) is 15.8. The molecule has 0 saturated heterocycles. The van der Waals surface area contributed by atoms with Crippen LogP contribution in [0, 0.1) is 0 Å². The maximum absolute atomic E-state index is 6.71. The fourth-order valence-electron chi connectivity index (χ4n) is 2.36. The van der Waals surface area contributed by atoms with Crippen LogP contribution in [0.4, 0.5) is 0 Å². The van der Waals surface area contributed by atoms with Crippen LogP contribution in [0.1, 0.15) is 11.1 Å². The standard InChI is InChI=1S/C19H22ClNO2/c1-21(2)13-18(14-5-9-16(22-3)10-6-14)19(20)15-7-11-17(23-4)12-8-15/h5-12H,13H2,1-4H3/p+1/b19-18-. The van der Waals surface area contributed by atoms with Gasteiger partial charge in [-0.05, 0) is 47.5 Å². The quantitative estimate of drug-likeness (QED) is 0.822. The predicted molar refractivity (Wildman–Crippen MR) is 96.3 cm³/mol. The van der Waals surface area contributed by atoms with Crippen LogP contribution in [0.5, 0.6) is 11.5 Å². The van der Waals surface area contributed by atoms with Crippen molar-refractivity contribution in [1.29, 1.82) is 0 Å². The lowest BCUT2D eigenvalue weighted by Gasteiger charge is -2.15. The molecule has 0 unspecified atom stereocenters. The zero-order valence-corrected chi connectivity index (χ0v) is 14.8. The molecular formula is C19H23ClNO2+. The van der Waals surface area contributed by atoms with Crippen molar-refractivity contribution in [2.24, 2.45) is 0 Å². The van der Waals surface area contributed by atoms with Gasteiger partial charge in [0.05, 0.1) is 33.3 Å². The Kier molecular flexibility index (Phi) is 6.08. The summed E-state index contributed by atoms with van der Waals surface area (Å²) in [6.07, 6.45) is 0. The van der Waals surface area contributed by atoms with Crippen molar-refractivity contribution >= 4 is 22.2 Å². The summed E-state index contributed by atoms with van der Waals surface area (Å²) in [6.45, 7) is 0.831. The van der Waals surface area contributed by atoms with Crippen LogP contribution < -0.4 is 14.4 Å². The van der Waals surface area contributed by atoms with E-state index in [0.717, 1.165) is 39.8 Å². The van der Waals surface area contributed by atoms with Crippen LogP contribution in [0.3, 0.4) is 0 Å². The molecule has 0 aromatic heterocycles. The molecule has 122 valence electrons. The summed E-state index contributed by atoms with van der Waals surface area (Å²) in [5, 5.41) is 0.763. The first-order chi connectivity index (χ1) is 11.0. The average molecular weight is 333 g/mol. The van der Waals surface area contributed by atoms with E-state index in [4.69, 9.17) is 21.1 Å². The van der Waals surface area contributed by atoms with Crippen molar-refractivity contribution < 1.29 is 14.4 Å². The van der Waals surface area contributed by atoms with Gasteiger partial charge in [-0.2, -0.15) is 0 Å². The molecule has 0 radical (unpaired) electrons. The molecule has 2 aromatic rings. The highest BCUT2D eigenvalue weighted by molar-refractivity contribution is 6.52. The van der Waals surface area contributed by atoms with E-state index in [1.165, 1.54) is 4.90 Å². The molecule has 0 aliphatic rings. The number of halogens is 1. The van der Waals surface area contributed by atoms with Crippen molar-refractivity contribution in [3.63, 3.8) is 0 Å². The Labute approximate surface area is 143 Å². The lowest BCUT2D eigenvalue weighted by Crippen LogP contribution is -3.05. The Morgan fingerprint density at radius 1 is 0.826 bits per heavy atom. The van der Waals surface area contributed by atoms with Crippen molar-refractivity contribution in [2.75, 3.05) is 34.9 Å². The van der Waals surface area contributed by atoms with Gasteiger partial charge in [-0.15, -0.1) is 0 Å². The van der Waals surface area contributed by atoms with Crippen LogP contribution >= 0.6 is 11.6 Å². The van der Waals surface area contributed by atoms with Crippen molar-refractivity contribution in [3.05, 3.63) is 59.7 Å². The van der Waals surface area contributed by atoms with Gasteiger partial charge in [0.15, 0.2) is 0 Å². The maximum atomic E-state index is 6.71. The van der Waals surface area contributed by atoms with Crippen LogP contribution in [0.2, 0.25) is 0 Å². The topological polar surface area (TPSA) is 22.9 Å². The van der Waals surface area contributed by atoms with E-state index in [9.17, 15) is 0 Å². The zero-order valence-electron chi connectivity index (χ0n) is 14.0. The van der Waals surface area contributed by atoms with Gasteiger partial charge in [-0.25, -0.2) is 0 Å². The van der Waals surface area contributed by atoms with Crippen LogP contribution in [0.25, 0.3) is 10.6 Å². The van der Waals surface area contributed by atoms with E-state index in [2.05, 4.69) is 14.1 Å². The molecule has 0 aliphatic carbocycles. The third-order valence-corrected chi connectivity index (χ3v) is 4.02. The van der Waals surface area contributed by atoms with E-state index < -0.39 is 0 Å². The molecule has 4 heteroatoms. The van der Waals surface area contributed by atoms with E-state index in [0.29, 0.717) is 0 Å². The molecule has 2 aromatic carbocycles. The molecule has 0 heterocycles. The number of quaternary nitrogens is 1. The minimum atomic E-state index is 0.763. The Bertz CT molecular complexity index is 661. The van der Waals surface area contributed by atoms with Gasteiger partial charge in [-0.3, -0.25) is 0 Å². The zero-order chi connectivity index (χ0) is 16.8. The van der Waals surface area contributed by atoms with Crippen LogP contribution in [0.15, 0.2) is 48.5 Å². The average Bonchev–Trinajstić information content (AvgIpc) is 2.59. The molecule has 0 spiro atoms. The van der Waals surface area contributed by atoms with Crippen molar-refractivity contribution in [3.8, 4) is 11.5 Å². The Balaban J connectivity index is 2.45. The number of likely N-dealkylation sites (N-methyl/N-ethyl adjacent to an activating group) is 1. The summed E-state index contributed by atoms with van der Waals surface area (Å²) >= 11 is 6.71. The number of rotatable bonds is 6. The second-order valence-electron chi connectivity index (χ2n) is 5.63. The molecule has 1 N–H and O–H groups in total. The van der Waals surface area contributed by atoms with Gasteiger partial charge in [-0.1, -0.05) is 23.7 Å². The van der Waals surface area contributed by atoms with Crippen LogP contribution in [-0.2, 0) is 0 Å². The fourth-order valence-corrected chi connectivity index (χ4v) is 2.67. The van der Waals surface area contributed by atoms with E-state index >= 15 is 0 Å². The lowest BCUT2D eigenvalue weighted by atomic mass is 10.0. The summed E-state index contributed by atoms with van der Waals surface area (Å²) < 4.78 is 10.4. The number of nitrogens with one attached hydrogen (secondary N) is 1. The number of ether oxygens (including phenoxy) is 2. The van der Waals surface area contributed by atoms with Gasteiger partial charge < -0.3 is 14.4 Å². The van der Waals surface area contributed by atoms with Gasteiger partial charge in [0.1, 0.15) is 18.0 Å². The minimum Gasteiger partial charge on any atom is -0.497 e. The normalized spacial score (nSPS) is 12.1. The molecule has 23 heavy (non-hydrogen) atoms. The first-order valence-corrected chi connectivity index (χ1v) is 7.89. The second-order valence-corrected chi connectivity index (χ2v) is 6.01. The first kappa shape index (κ1) is 17.4. The Morgan fingerprint density at radius 3 is 1.65 bits per heavy atom. The smallest absolute Gasteiger partial charge is 0.118 e. The number of hydrogen-bond acceptors (Lipinski definition) is 2. The molecule has 0 aliphatic heterocycles. The lowest BCUT2D eigenvalue weighted by molar-refractivity contribution is -0.849. The molecular weight excluding hydrogens is 310 g/mol. The summed E-state index contributed by atoms with van der Waals surface area (Å²) in [7, 11) is 7.55. The molecule has 2 rings (SSSR count). The highest BCUT2D eigenvalue weighted by Gasteiger charge is 2.13. The second kappa shape index (κ2) is 8.04. The van der Waals surface area contributed by atoms with Gasteiger partial charge in [0.25, 0.3) is 0 Å². The number of benzene rings is 2. The first-order valence-electron chi connectivity index (χ1n) is 7.51. The van der Waals surface area contributed by atoms with Gasteiger partial charge in [0.2, 0.25) is 0 Å². The van der Waals surface area contributed by atoms with E-state index in [1.807, 2.05) is 48.5 Å². The molecule has 0 fully saturated rings. The fraction of sp³-hybridized carbons (Fsp3) is 0.263. The van der Waals surface area contributed by atoms with Crippen LogP contribution in [-0.4, -0.2) is 34.9 Å². The molecule has 0 atom stereocenters. The van der Waals surface area contributed by atoms with E-state index in [-0.39, 0.29) is 0 Å². The molecule has 3 nitrogen and oxygen atoms in total. The van der Waals surface area contributed by atoms with E-state index in [1.54, 1.807) is 14.2 Å². The molecule has 0 saturated carbocycles. The molecule has 0 amide bonds. The monoisotopic (exact) mass is 332 g/mol. The highest BCUT2D eigenvalue weighted by Crippen LogP contribution is 2.30. The predicted octanol–water partition coefficient (Wildman–Crippen LogP) is 2.96. The Hall–Kier alpha value is -1.97. The van der Waals surface area contributed by atoms with Gasteiger partial charge >= 0.3 is 0 Å². The summed E-state index contributed by atoms with van der Waals surface area (Å²) in [4.78, 5) is 1.31. The third-order valence-electron chi connectivity index (χ3n) is 3.58. The number of methoxy groups -OCH3 is 2. The van der Waals surface area contributed by atoms with Crippen molar-refractivity contribution in [1.82, 2.24) is 0 Å². The number of hydrogen-bond donors (Lipinski definition) is 1. The van der Waals surface area contributed by atoms with Crippen molar-refractivity contribution in [2.45, 2.75) is 0 Å². The highest BCUT2D eigenvalue weighted by atomic mass is 35.5. The largest absolute Gasteiger partial charge is 0.497 e. The summed E-state index contributed by atoms with van der Waals surface area (Å²) in [5.41, 5.74) is 3.20. The Morgan fingerprint density at radius 2 is 1.26 bits per heavy atom. The van der Waals surface area contributed by atoms with Gasteiger partial charge in [0, 0.05) is 5.57 Å². The SMILES string of the molecule is COc1ccc(/C(Cl)=C(\C[NH+](C)C)c2ccc(OC)cc2)cc1. The minimum absolute atomic E-state index is 0.763. The maximum Gasteiger partial charge on any atom is 0.118 e. The molecule has 0 bridgehead atoms.